The summed E-state index contributed by atoms with van der Waals surface area (Å²) >= 11 is 0. The standard InChI is InChI=1S/C5H11NO.H3NO/c7-4-5-2-1-3-6-5;1-2/h5-7H,1-4H2;2H,1H2/t5-;/m0./s1. The number of aliphatic hydroxyl groups excluding tert-OH is 1. The number of hydrogen-bond donors (Lipinski definition) is 4. The van der Waals surface area contributed by atoms with Gasteiger partial charge in [-0.1, -0.05) is 0 Å². The lowest BCUT2D eigenvalue weighted by atomic mass is 10.2. The maximum absolute atomic E-state index is 8.50. The van der Waals surface area contributed by atoms with Crippen molar-refractivity contribution in [3.8, 4) is 0 Å². The molecule has 0 aromatic heterocycles. The molecule has 4 heteroatoms. The molecule has 0 radical (unpaired) electrons. The van der Waals surface area contributed by atoms with Crippen molar-refractivity contribution in [3.63, 3.8) is 0 Å². The highest BCUT2D eigenvalue weighted by Gasteiger charge is 2.10. The molecule has 0 aliphatic carbocycles. The van der Waals surface area contributed by atoms with Crippen molar-refractivity contribution in [3.05, 3.63) is 0 Å². The summed E-state index contributed by atoms with van der Waals surface area (Å²) in [5, 5.41) is 18.2. The second kappa shape index (κ2) is 5.97. The highest BCUT2D eigenvalue weighted by atomic mass is 16.4. The molecule has 5 N–H and O–H groups in total. The summed E-state index contributed by atoms with van der Waals surface area (Å²) in [4.78, 5) is 0. The van der Waals surface area contributed by atoms with Crippen LogP contribution in [0, 0.1) is 0 Å². The van der Waals surface area contributed by atoms with Gasteiger partial charge in [-0.2, -0.15) is 0 Å². The first-order valence-corrected chi connectivity index (χ1v) is 3.03. The molecule has 0 aromatic carbocycles. The van der Waals surface area contributed by atoms with Crippen LogP contribution in [-0.2, 0) is 0 Å². The van der Waals surface area contributed by atoms with Gasteiger partial charge in [-0.25, -0.2) is 5.90 Å². The van der Waals surface area contributed by atoms with Crippen LogP contribution < -0.4 is 11.2 Å². The van der Waals surface area contributed by atoms with E-state index in [2.05, 4.69) is 11.2 Å². The van der Waals surface area contributed by atoms with Gasteiger partial charge >= 0.3 is 0 Å². The number of aliphatic hydroxyl groups is 1. The van der Waals surface area contributed by atoms with Crippen molar-refractivity contribution in [2.24, 2.45) is 5.90 Å². The highest BCUT2D eigenvalue weighted by Crippen LogP contribution is 2.02. The molecule has 0 saturated carbocycles. The molecule has 56 valence electrons. The Morgan fingerprint density at radius 3 is 2.44 bits per heavy atom. The van der Waals surface area contributed by atoms with Crippen LogP contribution in [-0.4, -0.2) is 29.5 Å². The minimum atomic E-state index is 0.306. The van der Waals surface area contributed by atoms with Gasteiger partial charge in [0.05, 0.1) is 6.61 Å². The Balaban J connectivity index is 0.000000291. The lowest BCUT2D eigenvalue weighted by molar-refractivity contribution is 0.255. The van der Waals surface area contributed by atoms with E-state index in [4.69, 9.17) is 10.3 Å². The third kappa shape index (κ3) is 3.42. The van der Waals surface area contributed by atoms with Crippen LogP contribution in [0.2, 0.25) is 0 Å². The molecule has 4 nitrogen and oxygen atoms in total. The molecule has 0 spiro atoms. The highest BCUT2D eigenvalue weighted by molar-refractivity contribution is 4.71. The zero-order valence-corrected chi connectivity index (χ0v) is 5.38. The fourth-order valence-corrected chi connectivity index (χ4v) is 0.913. The molecule has 0 aromatic rings. The van der Waals surface area contributed by atoms with E-state index >= 15 is 0 Å². The molecule has 1 aliphatic heterocycles. The lowest BCUT2D eigenvalue weighted by Crippen LogP contribution is -2.24. The Hall–Kier alpha value is -0.160. The van der Waals surface area contributed by atoms with E-state index in [1.54, 1.807) is 0 Å². The topological polar surface area (TPSA) is 78.5 Å². The minimum absolute atomic E-state index is 0.306. The van der Waals surface area contributed by atoms with E-state index in [0.29, 0.717) is 12.6 Å². The van der Waals surface area contributed by atoms with Crippen molar-refractivity contribution in [2.75, 3.05) is 13.2 Å². The molecule has 1 heterocycles. The molecule has 0 unspecified atom stereocenters. The number of nitrogens with two attached hydrogens (primary N) is 1. The molecular formula is C5H14N2O2. The summed E-state index contributed by atoms with van der Waals surface area (Å²) in [6, 6.07) is 0.403. The van der Waals surface area contributed by atoms with Crippen LogP contribution >= 0.6 is 0 Å². The van der Waals surface area contributed by atoms with E-state index in [9.17, 15) is 0 Å². The first-order valence-electron chi connectivity index (χ1n) is 3.03. The van der Waals surface area contributed by atoms with Crippen LogP contribution in [0.15, 0.2) is 0 Å². The smallest absolute Gasteiger partial charge is 0.0584 e. The van der Waals surface area contributed by atoms with E-state index < -0.39 is 0 Å². The molecular weight excluding hydrogens is 120 g/mol. The molecule has 9 heavy (non-hydrogen) atoms. The van der Waals surface area contributed by atoms with Gasteiger partial charge in [0.25, 0.3) is 0 Å². The summed E-state index contributed by atoms with van der Waals surface area (Å²) in [5.74, 6) is 3.50. The second-order valence-corrected chi connectivity index (χ2v) is 1.98. The monoisotopic (exact) mass is 134 g/mol. The predicted octanol–water partition coefficient (Wildman–Crippen LogP) is -0.935. The number of nitrogens with one attached hydrogen (secondary N) is 1. The molecule has 1 atom stereocenters. The second-order valence-electron chi connectivity index (χ2n) is 1.98. The summed E-state index contributed by atoms with van der Waals surface area (Å²) in [6.07, 6.45) is 2.38. The SMILES string of the molecule is NO.OC[C@@H]1CCCN1. The van der Waals surface area contributed by atoms with Gasteiger partial charge in [0.1, 0.15) is 0 Å². The molecule has 0 amide bonds. The molecule has 1 rings (SSSR count). The predicted molar refractivity (Wildman–Crippen MR) is 34.1 cm³/mol. The van der Waals surface area contributed by atoms with E-state index in [0.717, 1.165) is 13.0 Å². The lowest BCUT2D eigenvalue weighted by Gasteiger charge is -2.01. The maximum Gasteiger partial charge on any atom is 0.0584 e. The van der Waals surface area contributed by atoms with E-state index in [1.165, 1.54) is 6.42 Å². The Bertz CT molecular complexity index is 54.9. The van der Waals surface area contributed by atoms with Gasteiger partial charge in [0.2, 0.25) is 0 Å². The van der Waals surface area contributed by atoms with Gasteiger partial charge in [0.15, 0.2) is 0 Å². The molecule has 1 saturated heterocycles. The summed E-state index contributed by atoms with van der Waals surface area (Å²) < 4.78 is 0. The average Bonchev–Trinajstić information content (AvgIpc) is 2.43. The summed E-state index contributed by atoms with van der Waals surface area (Å²) in [6.45, 7) is 1.39. The van der Waals surface area contributed by atoms with Crippen LogP contribution in [0.5, 0.6) is 0 Å². The Morgan fingerprint density at radius 1 is 1.56 bits per heavy atom. The van der Waals surface area contributed by atoms with Crippen LogP contribution in [0.4, 0.5) is 0 Å². The third-order valence-electron chi connectivity index (χ3n) is 1.38. The molecule has 0 bridgehead atoms. The number of rotatable bonds is 1. The van der Waals surface area contributed by atoms with E-state index in [-0.39, 0.29) is 0 Å². The Kier molecular flexibility index (Phi) is 5.86. The number of hydrogen-bond acceptors (Lipinski definition) is 4. The van der Waals surface area contributed by atoms with E-state index in [1.807, 2.05) is 0 Å². The zero-order chi connectivity index (χ0) is 7.11. The minimum Gasteiger partial charge on any atom is -0.395 e. The Labute approximate surface area is 54.6 Å². The average molecular weight is 134 g/mol. The summed E-state index contributed by atoms with van der Waals surface area (Å²) in [7, 11) is 0. The van der Waals surface area contributed by atoms with Gasteiger partial charge < -0.3 is 15.6 Å². The normalized spacial score (nSPS) is 25.0. The van der Waals surface area contributed by atoms with Crippen molar-refractivity contribution in [2.45, 2.75) is 18.9 Å². The van der Waals surface area contributed by atoms with Crippen molar-refractivity contribution in [1.29, 1.82) is 0 Å². The maximum atomic E-state index is 8.50. The fraction of sp³-hybridized carbons (Fsp3) is 1.00. The van der Waals surface area contributed by atoms with Crippen molar-refractivity contribution >= 4 is 0 Å². The van der Waals surface area contributed by atoms with Crippen LogP contribution in [0.1, 0.15) is 12.8 Å². The third-order valence-corrected chi connectivity index (χ3v) is 1.38. The van der Waals surface area contributed by atoms with Crippen LogP contribution in [0.25, 0.3) is 0 Å². The fourth-order valence-electron chi connectivity index (χ4n) is 0.913. The first-order chi connectivity index (χ1) is 4.43. The van der Waals surface area contributed by atoms with Gasteiger partial charge in [-0.05, 0) is 19.4 Å². The summed E-state index contributed by atoms with van der Waals surface area (Å²) in [5.41, 5.74) is 0. The van der Waals surface area contributed by atoms with Crippen molar-refractivity contribution in [1.82, 2.24) is 5.32 Å². The van der Waals surface area contributed by atoms with Gasteiger partial charge in [0, 0.05) is 6.04 Å². The van der Waals surface area contributed by atoms with Gasteiger partial charge in [-0.15, -0.1) is 0 Å². The van der Waals surface area contributed by atoms with Crippen LogP contribution in [0.3, 0.4) is 0 Å². The quantitative estimate of drug-likeness (QED) is 0.349. The first kappa shape index (κ1) is 8.84. The molecule has 1 aliphatic rings. The van der Waals surface area contributed by atoms with Gasteiger partial charge in [-0.3, -0.25) is 0 Å². The molecule has 1 fully saturated rings. The Morgan fingerprint density at radius 2 is 2.22 bits per heavy atom. The van der Waals surface area contributed by atoms with Crippen molar-refractivity contribution < 1.29 is 10.3 Å². The zero-order valence-electron chi connectivity index (χ0n) is 5.38. The largest absolute Gasteiger partial charge is 0.395 e.